The number of carbonyl (C=O) groups is 2. The first-order valence-electron chi connectivity index (χ1n) is 8.02. The fourth-order valence-corrected chi connectivity index (χ4v) is 2.43. The maximum absolute atomic E-state index is 13.6. The van der Waals surface area contributed by atoms with E-state index in [9.17, 15) is 14.0 Å². The molecule has 1 atom stereocenters. The number of rotatable bonds is 7. The molecule has 26 heavy (non-hydrogen) atoms. The maximum Gasteiger partial charge on any atom is 0.331 e. The van der Waals surface area contributed by atoms with Gasteiger partial charge in [0.05, 0.1) is 11.6 Å². The van der Waals surface area contributed by atoms with E-state index in [1.807, 2.05) is 6.92 Å². The van der Waals surface area contributed by atoms with E-state index < -0.39 is 17.9 Å². The van der Waals surface area contributed by atoms with E-state index in [1.165, 1.54) is 31.2 Å². The van der Waals surface area contributed by atoms with Crippen molar-refractivity contribution in [2.75, 3.05) is 6.61 Å². The fourth-order valence-electron chi connectivity index (χ4n) is 2.21. The Morgan fingerprint density at radius 1 is 1.19 bits per heavy atom. The van der Waals surface area contributed by atoms with E-state index in [0.717, 1.165) is 6.08 Å². The van der Waals surface area contributed by atoms with Gasteiger partial charge >= 0.3 is 5.97 Å². The number of benzene rings is 2. The van der Waals surface area contributed by atoms with Crippen LogP contribution in [-0.2, 0) is 9.53 Å². The van der Waals surface area contributed by atoms with Crippen LogP contribution >= 0.6 is 11.6 Å². The average Bonchev–Trinajstić information content (AvgIpc) is 2.61. The zero-order valence-corrected chi connectivity index (χ0v) is 15.1. The lowest BCUT2D eigenvalue weighted by Crippen LogP contribution is -2.23. The van der Waals surface area contributed by atoms with Crippen LogP contribution in [0.5, 0.6) is 5.75 Å². The Morgan fingerprint density at radius 2 is 1.88 bits per heavy atom. The lowest BCUT2D eigenvalue weighted by molar-refractivity contribution is -0.140. The van der Waals surface area contributed by atoms with E-state index in [1.54, 1.807) is 24.3 Å². The number of ketones is 1. The van der Waals surface area contributed by atoms with Crippen molar-refractivity contribution in [2.24, 2.45) is 0 Å². The highest BCUT2D eigenvalue weighted by atomic mass is 35.5. The Labute approximate surface area is 156 Å². The third-order valence-electron chi connectivity index (χ3n) is 3.50. The van der Waals surface area contributed by atoms with Gasteiger partial charge in [0, 0.05) is 17.2 Å². The summed E-state index contributed by atoms with van der Waals surface area (Å²) in [5.41, 5.74) is 0.478. The van der Waals surface area contributed by atoms with Gasteiger partial charge in [0.1, 0.15) is 11.6 Å². The Hall–Kier alpha value is -2.66. The number of Topliss-reactive ketones (excluding diaryl/α,β-unsaturated/α-hetero) is 1. The summed E-state index contributed by atoms with van der Waals surface area (Å²) in [6.45, 7) is 3.86. The Bertz CT molecular complexity index is 795. The quantitative estimate of drug-likeness (QED) is 0.399. The van der Waals surface area contributed by atoms with Crippen molar-refractivity contribution in [1.29, 1.82) is 0 Å². The molecule has 0 aliphatic rings. The molecule has 0 heterocycles. The summed E-state index contributed by atoms with van der Waals surface area (Å²) in [5, 5.41) is 0.174. The molecule has 0 fully saturated rings. The number of esters is 1. The Balaban J connectivity index is 1.99. The highest BCUT2D eigenvalue weighted by Gasteiger charge is 2.18. The minimum atomic E-state index is -0.985. The standard InChI is InChI=1S/C20H18ClFO4/c1-3-25-15-9-7-14(8-10-15)20(24)13(2)26-19(23)12-11-16-17(21)5-4-6-18(16)22/h4-13H,3H2,1-2H3/b12-11+/t13-/m0/s1. The van der Waals surface area contributed by atoms with Crippen LogP contribution in [0.3, 0.4) is 0 Å². The molecule has 0 radical (unpaired) electrons. The summed E-state index contributed by atoms with van der Waals surface area (Å²) < 4.78 is 24.0. The molecule has 0 saturated heterocycles. The summed E-state index contributed by atoms with van der Waals surface area (Å²) >= 11 is 5.88. The van der Waals surface area contributed by atoms with Gasteiger partial charge in [-0.15, -0.1) is 0 Å². The molecule has 2 aromatic carbocycles. The molecule has 0 unspecified atom stereocenters. The second-order valence-electron chi connectivity index (χ2n) is 5.37. The Morgan fingerprint density at radius 3 is 2.50 bits per heavy atom. The molecular weight excluding hydrogens is 359 g/mol. The SMILES string of the molecule is CCOc1ccc(C(=O)[C@H](C)OC(=O)/C=C/c2c(F)cccc2Cl)cc1. The molecule has 4 nitrogen and oxygen atoms in total. The maximum atomic E-state index is 13.6. The molecule has 0 aliphatic carbocycles. The predicted molar refractivity (Wildman–Crippen MR) is 97.9 cm³/mol. The summed E-state index contributed by atoms with van der Waals surface area (Å²) in [5.74, 6) is -1.02. The fraction of sp³-hybridized carbons (Fsp3) is 0.200. The highest BCUT2D eigenvalue weighted by Crippen LogP contribution is 2.20. The molecule has 2 aromatic rings. The van der Waals surface area contributed by atoms with E-state index in [2.05, 4.69) is 0 Å². The van der Waals surface area contributed by atoms with Gasteiger partial charge in [-0.2, -0.15) is 0 Å². The van der Waals surface area contributed by atoms with E-state index >= 15 is 0 Å². The van der Waals surface area contributed by atoms with Crippen molar-refractivity contribution in [3.05, 3.63) is 70.5 Å². The minimum absolute atomic E-state index is 0.0802. The molecule has 0 spiro atoms. The second kappa shape index (κ2) is 9.15. The third-order valence-corrected chi connectivity index (χ3v) is 3.83. The van der Waals surface area contributed by atoms with Crippen LogP contribution in [-0.4, -0.2) is 24.5 Å². The summed E-state index contributed by atoms with van der Waals surface area (Å²) in [6, 6.07) is 10.8. The van der Waals surface area contributed by atoms with Gasteiger partial charge in [-0.1, -0.05) is 17.7 Å². The monoisotopic (exact) mass is 376 g/mol. The molecule has 0 aromatic heterocycles. The largest absolute Gasteiger partial charge is 0.494 e. The first-order chi connectivity index (χ1) is 12.4. The van der Waals surface area contributed by atoms with Gasteiger partial charge in [-0.05, 0) is 56.3 Å². The molecule has 136 valence electrons. The number of ether oxygens (including phenoxy) is 2. The van der Waals surface area contributed by atoms with E-state index in [-0.39, 0.29) is 16.4 Å². The van der Waals surface area contributed by atoms with Crippen molar-refractivity contribution in [2.45, 2.75) is 20.0 Å². The number of carbonyl (C=O) groups excluding carboxylic acids is 2. The summed E-state index contributed by atoms with van der Waals surface area (Å²) in [4.78, 5) is 24.2. The molecule has 0 aliphatic heterocycles. The summed E-state index contributed by atoms with van der Waals surface area (Å²) in [6.07, 6.45) is 1.27. The van der Waals surface area contributed by atoms with Crippen molar-refractivity contribution in [1.82, 2.24) is 0 Å². The zero-order valence-electron chi connectivity index (χ0n) is 14.4. The molecule has 0 saturated carbocycles. The lowest BCUT2D eigenvalue weighted by Gasteiger charge is -2.11. The van der Waals surface area contributed by atoms with Gasteiger partial charge in [0.25, 0.3) is 0 Å². The van der Waals surface area contributed by atoms with Gasteiger partial charge < -0.3 is 9.47 Å². The molecule has 2 rings (SSSR count). The van der Waals surface area contributed by atoms with Crippen molar-refractivity contribution in [3.63, 3.8) is 0 Å². The smallest absolute Gasteiger partial charge is 0.331 e. The first kappa shape index (κ1) is 19.7. The van der Waals surface area contributed by atoms with Crippen molar-refractivity contribution < 1.29 is 23.5 Å². The minimum Gasteiger partial charge on any atom is -0.494 e. The highest BCUT2D eigenvalue weighted by molar-refractivity contribution is 6.32. The van der Waals surface area contributed by atoms with Crippen LogP contribution in [0, 0.1) is 5.82 Å². The first-order valence-corrected chi connectivity index (χ1v) is 8.40. The van der Waals surface area contributed by atoms with Gasteiger partial charge in [-0.3, -0.25) is 4.79 Å². The second-order valence-corrected chi connectivity index (χ2v) is 5.78. The Kier molecular flexibility index (Phi) is 6.92. The number of hydrogen-bond donors (Lipinski definition) is 0. The van der Waals surface area contributed by atoms with Crippen LogP contribution in [0.15, 0.2) is 48.5 Å². The van der Waals surface area contributed by atoms with Crippen LogP contribution < -0.4 is 4.74 Å². The van der Waals surface area contributed by atoms with Crippen molar-refractivity contribution >= 4 is 29.4 Å². The molecule has 6 heteroatoms. The van der Waals surface area contributed by atoms with Crippen LogP contribution in [0.2, 0.25) is 5.02 Å². The van der Waals surface area contributed by atoms with Crippen LogP contribution in [0.25, 0.3) is 6.08 Å². The topological polar surface area (TPSA) is 52.6 Å². The van der Waals surface area contributed by atoms with Gasteiger partial charge in [0.2, 0.25) is 5.78 Å². The van der Waals surface area contributed by atoms with Crippen LogP contribution in [0.4, 0.5) is 4.39 Å². The van der Waals surface area contributed by atoms with E-state index in [4.69, 9.17) is 21.1 Å². The average molecular weight is 377 g/mol. The molecule has 0 N–H and O–H groups in total. The molecule has 0 bridgehead atoms. The van der Waals surface area contributed by atoms with Crippen molar-refractivity contribution in [3.8, 4) is 5.75 Å². The summed E-state index contributed by atoms with van der Waals surface area (Å²) in [7, 11) is 0. The van der Waals surface area contributed by atoms with Gasteiger partial charge in [-0.25, -0.2) is 9.18 Å². The zero-order chi connectivity index (χ0) is 19.1. The predicted octanol–water partition coefficient (Wildman–Crippen LogP) is 4.71. The number of hydrogen-bond acceptors (Lipinski definition) is 4. The third kappa shape index (κ3) is 5.17. The van der Waals surface area contributed by atoms with Crippen LogP contribution in [0.1, 0.15) is 29.8 Å². The van der Waals surface area contributed by atoms with E-state index in [0.29, 0.717) is 17.9 Å². The molecular formula is C20H18ClFO4. The lowest BCUT2D eigenvalue weighted by atomic mass is 10.1. The molecule has 0 amide bonds. The number of halogens is 2. The van der Waals surface area contributed by atoms with Gasteiger partial charge in [0.15, 0.2) is 6.10 Å². The normalized spacial score (nSPS) is 12.0.